The lowest BCUT2D eigenvalue weighted by molar-refractivity contribution is 0.0697. The van der Waals surface area contributed by atoms with Crippen molar-refractivity contribution in [1.82, 2.24) is 0 Å². The SMILES string of the molecule is N#Cc1cc2c(c(C(=O)O)c1)Nc1cc(CCc3ccc(O)c(O)c3)ccc1O2. The third-order valence-corrected chi connectivity index (χ3v) is 4.73. The molecule has 0 aliphatic carbocycles. The predicted molar refractivity (Wildman–Crippen MR) is 105 cm³/mol. The van der Waals surface area contributed by atoms with E-state index in [1.54, 1.807) is 12.1 Å². The second-order valence-electron chi connectivity index (χ2n) is 6.69. The number of phenols is 2. The number of nitrogens with one attached hydrogen (secondary N) is 1. The first-order valence-electron chi connectivity index (χ1n) is 8.84. The van der Waals surface area contributed by atoms with Crippen molar-refractivity contribution in [1.29, 1.82) is 5.26 Å². The number of nitrogens with zero attached hydrogens (tertiary/aromatic N) is 1. The molecular formula is C22H16N2O5. The van der Waals surface area contributed by atoms with E-state index in [0.717, 1.165) is 11.1 Å². The average molecular weight is 388 g/mol. The molecule has 4 N–H and O–H groups in total. The summed E-state index contributed by atoms with van der Waals surface area (Å²) in [7, 11) is 0. The summed E-state index contributed by atoms with van der Waals surface area (Å²) in [5, 5.41) is 40.7. The summed E-state index contributed by atoms with van der Waals surface area (Å²) in [4.78, 5) is 11.6. The first-order chi connectivity index (χ1) is 13.9. The zero-order valence-corrected chi connectivity index (χ0v) is 15.1. The van der Waals surface area contributed by atoms with Crippen molar-refractivity contribution < 1.29 is 24.9 Å². The van der Waals surface area contributed by atoms with Gasteiger partial charge in [-0.3, -0.25) is 0 Å². The van der Waals surface area contributed by atoms with Crippen molar-refractivity contribution in [2.45, 2.75) is 12.8 Å². The van der Waals surface area contributed by atoms with Crippen LogP contribution in [0.2, 0.25) is 0 Å². The van der Waals surface area contributed by atoms with Crippen molar-refractivity contribution in [2.24, 2.45) is 0 Å². The van der Waals surface area contributed by atoms with Gasteiger partial charge in [-0.2, -0.15) is 5.26 Å². The number of aromatic carboxylic acids is 1. The van der Waals surface area contributed by atoms with Crippen LogP contribution in [0.1, 0.15) is 27.0 Å². The third kappa shape index (κ3) is 3.51. The molecule has 0 unspecified atom stereocenters. The van der Waals surface area contributed by atoms with E-state index in [2.05, 4.69) is 5.32 Å². The number of aromatic hydroxyl groups is 2. The minimum atomic E-state index is -1.15. The summed E-state index contributed by atoms with van der Waals surface area (Å²) in [6.45, 7) is 0. The second-order valence-corrected chi connectivity index (χ2v) is 6.69. The number of rotatable bonds is 4. The molecule has 4 rings (SSSR count). The lowest BCUT2D eigenvalue weighted by atomic mass is 10.0. The number of phenolic OH excluding ortho intramolecular Hbond substituents is 2. The molecular weight excluding hydrogens is 372 g/mol. The maximum atomic E-state index is 11.6. The molecule has 3 aromatic rings. The fraction of sp³-hybridized carbons (Fsp3) is 0.0909. The Bertz CT molecular complexity index is 1180. The van der Waals surface area contributed by atoms with Gasteiger partial charge in [0, 0.05) is 6.07 Å². The van der Waals surface area contributed by atoms with Crippen LogP contribution >= 0.6 is 0 Å². The molecule has 1 heterocycles. The molecule has 7 heteroatoms. The fourth-order valence-electron chi connectivity index (χ4n) is 3.24. The van der Waals surface area contributed by atoms with E-state index in [9.17, 15) is 20.1 Å². The van der Waals surface area contributed by atoms with Gasteiger partial charge in [0.1, 0.15) is 0 Å². The standard InChI is InChI=1S/C22H16N2O5/c23-11-14-7-15(22(27)28)21-20(10-14)29-19-6-4-12(8-16(19)24-21)1-2-13-3-5-17(25)18(26)9-13/h3-10,24-26H,1-2H2,(H,27,28). The van der Waals surface area contributed by atoms with E-state index in [4.69, 9.17) is 10.00 Å². The molecule has 0 aromatic heterocycles. The largest absolute Gasteiger partial charge is 0.504 e. The maximum absolute atomic E-state index is 11.6. The molecule has 0 spiro atoms. The van der Waals surface area contributed by atoms with Crippen LogP contribution in [0.15, 0.2) is 48.5 Å². The van der Waals surface area contributed by atoms with Crippen molar-refractivity contribution in [3.05, 3.63) is 70.8 Å². The summed E-state index contributed by atoms with van der Waals surface area (Å²) in [6, 6.07) is 15.0. The molecule has 0 saturated heterocycles. The molecule has 144 valence electrons. The van der Waals surface area contributed by atoms with Gasteiger partial charge in [0.25, 0.3) is 0 Å². The number of carboxylic acid groups (broad SMARTS) is 1. The third-order valence-electron chi connectivity index (χ3n) is 4.73. The van der Waals surface area contributed by atoms with E-state index < -0.39 is 5.97 Å². The molecule has 0 radical (unpaired) electrons. The average Bonchev–Trinajstić information content (AvgIpc) is 2.72. The number of ether oxygens (including phenoxy) is 1. The van der Waals surface area contributed by atoms with E-state index >= 15 is 0 Å². The van der Waals surface area contributed by atoms with Gasteiger partial charge in [-0.05, 0) is 54.3 Å². The fourth-order valence-corrected chi connectivity index (χ4v) is 3.24. The normalized spacial score (nSPS) is 11.4. The maximum Gasteiger partial charge on any atom is 0.338 e. The highest BCUT2D eigenvalue weighted by atomic mass is 16.5. The molecule has 0 saturated carbocycles. The van der Waals surface area contributed by atoms with Gasteiger partial charge >= 0.3 is 5.97 Å². The molecule has 1 aliphatic heterocycles. The van der Waals surface area contributed by atoms with E-state index in [1.807, 2.05) is 18.2 Å². The monoisotopic (exact) mass is 388 g/mol. The van der Waals surface area contributed by atoms with Gasteiger partial charge < -0.3 is 25.4 Å². The predicted octanol–water partition coefficient (Wildman–Crippen LogP) is 4.30. The molecule has 0 bridgehead atoms. The quantitative estimate of drug-likeness (QED) is 0.384. The van der Waals surface area contributed by atoms with E-state index in [-0.39, 0.29) is 22.6 Å². The summed E-state index contributed by atoms with van der Waals surface area (Å²) in [5.74, 6) is -0.633. The Balaban J connectivity index is 1.59. The van der Waals surface area contributed by atoms with Gasteiger partial charge in [0.15, 0.2) is 23.0 Å². The van der Waals surface area contributed by atoms with E-state index in [1.165, 1.54) is 24.3 Å². The highest BCUT2D eigenvalue weighted by molar-refractivity contribution is 5.99. The van der Waals surface area contributed by atoms with Crippen molar-refractivity contribution in [3.63, 3.8) is 0 Å². The number of anilines is 2. The topological polar surface area (TPSA) is 123 Å². The number of nitriles is 1. The van der Waals surface area contributed by atoms with Gasteiger partial charge in [0.2, 0.25) is 0 Å². The Hall–Kier alpha value is -4.18. The lowest BCUT2D eigenvalue weighted by Gasteiger charge is -2.24. The second kappa shape index (κ2) is 7.09. The Labute approximate surface area is 166 Å². The molecule has 0 amide bonds. The summed E-state index contributed by atoms with van der Waals surface area (Å²) < 4.78 is 5.82. The van der Waals surface area contributed by atoms with Crippen molar-refractivity contribution in [2.75, 3.05) is 5.32 Å². The zero-order valence-electron chi connectivity index (χ0n) is 15.1. The Morgan fingerprint density at radius 2 is 1.69 bits per heavy atom. The van der Waals surface area contributed by atoms with Crippen molar-refractivity contribution in [3.8, 4) is 29.1 Å². The molecule has 3 aromatic carbocycles. The number of fused-ring (bicyclic) bond motifs is 2. The van der Waals surface area contributed by atoms with Gasteiger partial charge in [-0.25, -0.2) is 4.79 Å². The van der Waals surface area contributed by atoms with Crippen LogP contribution < -0.4 is 10.1 Å². The van der Waals surface area contributed by atoms with Gasteiger partial charge in [-0.1, -0.05) is 12.1 Å². The first kappa shape index (κ1) is 18.2. The minimum Gasteiger partial charge on any atom is -0.504 e. The van der Waals surface area contributed by atoms with Crippen LogP contribution in [-0.4, -0.2) is 21.3 Å². The Morgan fingerprint density at radius 3 is 2.38 bits per heavy atom. The number of hydrogen-bond acceptors (Lipinski definition) is 6. The number of aryl methyl sites for hydroxylation is 2. The molecule has 7 nitrogen and oxygen atoms in total. The van der Waals surface area contributed by atoms with Gasteiger partial charge in [0.05, 0.1) is 28.6 Å². The molecule has 1 aliphatic rings. The summed E-state index contributed by atoms with van der Waals surface area (Å²) in [5.41, 5.74) is 2.99. The van der Waals surface area contributed by atoms with Gasteiger partial charge in [-0.15, -0.1) is 0 Å². The number of carbonyl (C=O) groups is 1. The molecule has 29 heavy (non-hydrogen) atoms. The highest BCUT2D eigenvalue weighted by Crippen LogP contribution is 2.44. The van der Waals surface area contributed by atoms with Crippen LogP contribution in [-0.2, 0) is 12.8 Å². The summed E-state index contributed by atoms with van der Waals surface area (Å²) >= 11 is 0. The first-order valence-corrected chi connectivity index (χ1v) is 8.84. The Kier molecular flexibility index (Phi) is 4.45. The van der Waals surface area contributed by atoms with Crippen LogP contribution in [0.25, 0.3) is 0 Å². The van der Waals surface area contributed by atoms with Crippen LogP contribution in [0.5, 0.6) is 23.0 Å². The smallest absolute Gasteiger partial charge is 0.338 e. The minimum absolute atomic E-state index is 0.0327. The lowest BCUT2D eigenvalue weighted by Crippen LogP contribution is -2.10. The number of hydrogen-bond donors (Lipinski definition) is 4. The van der Waals surface area contributed by atoms with Crippen molar-refractivity contribution >= 4 is 17.3 Å². The Morgan fingerprint density at radius 1 is 0.966 bits per heavy atom. The zero-order chi connectivity index (χ0) is 20.5. The summed E-state index contributed by atoms with van der Waals surface area (Å²) in [6.07, 6.45) is 1.32. The highest BCUT2D eigenvalue weighted by Gasteiger charge is 2.24. The molecule has 0 atom stereocenters. The number of benzene rings is 3. The molecule has 0 fully saturated rings. The van der Waals surface area contributed by atoms with E-state index in [0.29, 0.717) is 35.7 Å². The van der Waals surface area contributed by atoms with Crippen LogP contribution in [0.4, 0.5) is 11.4 Å². The number of carboxylic acids is 1. The van der Waals surface area contributed by atoms with Crippen LogP contribution in [0.3, 0.4) is 0 Å². The van der Waals surface area contributed by atoms with Crippen LogP contribution in [0, 0.1) is 11.3 Å².